The van der Waals surface area contributed by atoms with E-state index in [-0.39, 0.29) is 17.7 Å². The molecule has 0 radical (unpaired) electrons. The molecule has 1 aromatic heterocycles. The molecular formula is C24H28FNO4. The van der Waals surface area contributed by atoms with Gasteiger partial charge in [-0.15, -0.1) is 0 Å². The molecule has 2 fully saturated rings. The lowest BCUT2D eigenvalue weighted by Crippen LogP contribution is -2.28. The number of pyridine rings is 1. The number of hydrogen-bond acceptors (Lipinski definition) is 4. The molecule has 5 nitrogen and oxygen atoms in total. The lowest BCUT2D eigenvalue weighted by molar-refractivity contribution is -0.142. The van der Waals surface area contributed by atoms with Crippen LogP contribution in [0.3, 0.4) is 0 Å². The summed E-state index contributed by atoms with van der Waals surface area (Å²) in [6, 6.07) is 9.54. The van der Waals surface area contributed by atoms with E-state index in [1.807, 2.05) is 24.3 Å². The molecule has 2 aromatic rings. The van der Waals surface area contributed by atoms with Gasteiger partial charge in [0.15, 0.2) is 0 Å². The fourth-order valence-electron chi connectivity index (χ4n) is 4.59. The van der Waals surface area contributed by atoms with Gasteiger partial charge < -0.3 is 14.6 Å². The van der Waals surface area contributed by atoms with Crippen LogP contribution in [0.5, 0.6) is 11.6 Å². The quantitative estimate of drug-likeness (QED) is 0.625. The Hall–Kier alpha value is -2.63. The number of carboxylic acids is 1. The topological polar surface area (TPSA) is 68.7 Å². The number of benzene rings is 1. The number of nitrogens with zero attached hydrogens (tertiary/aromatic N) is 1. The molecule has 2 aliphatic rings. The zero-order chi connectivity index (χ0) is 21.3. The number of methoxy groups -OCH3 is 1. The molecule has 6 heteroatoms. The number of carboxylic acid groups (broad SMARTS) is 1. The van der Waals surface area contributed by atoms with Gasteiger partial charge in [0, 0.05) is 6.07 Å². The van der Waals surface area contributed by atoms with Crippen molar-refractivity contribution in [2.45, 2.75) is 44.4 Å². The average molecular weight is 413 g/mol. The van der Waals surface area contributed by atoms with E-state index in [9.17, 15) is 14.3 Å². The van der Waals surface area contributed by atoms with E-state index in [4.69, 9.17) is 9.47 Å². The normalized spacial score (nSPS) is 22.6. The van der Waals surface area contributed by atoms with Crippen molar-refractivity contribution in [1.82, 2.24) is 4.98 Å². The number of halogens is 1. The Bertz CT molecular complexity index is 908. The summed E-state index contributed by atoms with van der Waals surface area (Å²) in [6.07, 6.45) is 5.13. The zero-order valence-electron chi connectivity index (χ0n) is 17.4. The summed E-state index contributed by atoms with van der Waals surface area (Å²) in [7, 11) is 1.53. The molecule has 160 valence electrons. The van der Waals surface area contributed by atoms with E-state index in [0.29, 0.717) is 29.9 Å². The summed E-state index contributed by atoms with van der Waals surface area (Å²) in [4.78, 5) is 15.4. The standard InChI is InChI=1S/C24H28FNO4/c1-14(24(27)28)23(16-6-7-16)17-4-3-5-19(10-17)30-13-15-8-18(9-15)20-11-22(29-2)26-12-21(20)25/h3-5,10-12,14-16,18,23H,6-9,13H2,1-2H3,(H,27,28)/t14-,15?,18?,23+/m0/s1. The van der Waals surface area contributed by atoms with E-state index in [1.54, 1.807) is 13.0 Å². The lowest BCUT2D eigenvalue weighted by Gasteiger charge is -2.35. The molecule has 0 amide bonds. The zero-order valence-corrected chi connectivity index (χ0v) is 17.4. The number of hydrogen-bond donors (Lipinski definition) is 1. The monoisotopic (exact) mass is 413 g/mol. The average Bonchev–Trinajstić information content (AvgIpc) is 3.53. The summed E-state index contributed by atoms with van der Waals surface area (Å²) in [5.41, 5.74) is 1.71. The lowest BCUT2D eigenvalue weighted by atomic mass is 9.72. The van der Waals surface area contributed by atoms with Gasteiger partial charge in [-0.3, -0.25) is 4.79 Å². The highest BCUT2D eigenvalue weighted by atomic mass is 19.1. The summed E-state index contributed by atoms with van der Waals surface area (Å²) in [6.45, 7) is 2.37. The first-order valence-electron chi connectivity index (χ1n) is 10.6. The van der Waals surface area contributed by atoms with Gasteiger partial charge in [0.2, 0.25) is 5.88 Å². The van der Waals surface area contributed by atoms with Crippen LogP contribution in [0.2, 0.25) is 0 Å². The second kappa shape index (κ2) is 8.62. The third-order valence-corrected chi connectivity index (χ3v) is 6.53. The fraction of sp³-hybridized carbons (Fsp3) is 0.500. The third-order valence-electron chi connectivity index (χ3n) is 6.53. The Kier molecular flexibility index (Phi) is 5.93. The molecule has 1 N–H and O–H groups in total. The second-order valence-electron chi connectivity index (χ2n) is 8.66. The van der Waals surface area contributed by atoms with Crippen molar-refractivity contribution in [2.24, 2.45) is 17.8 Å². The van der Waals surface area contributed by atoms with Crippen molar-refractivity contribution in [3.63, 3.8) is 0 Å². The van der Waals surface area contributed by atoms with E-state index in [1.165, 1.54) is 13.3 Å². The minimum absolute atomic E-state index is 0.0313. The molecule has 0 saturated heterocycles. The highest BCUT2D eigenvalue weighted by molar-refractivity contribution is 5.71. The molecule has 30 heavy (non-hydrogen) atoms. The smallest absolute Gasteiger partial charge is 0.306 e. The first kappa shape index (κ1) is 20.6. The SMILES string of the molecule is COc1cc(C2CC(COc3cccc([C@@H](C4CC4)[C@H](C)C(=O)O)c3)C2)c(F)cn1. The van der Waals surface area contributed by atoms with Crippen LogP contribution < -0.4 is 9.47 Å². The number of aliphatic carboxylic acids is 1. The summed E-state index contributed by atoms with van der Waals surface area (Å²) in [5.74, 6) is 0.777. The van der Waals surface area contributed by atoms with Crippen molar-refractivity contribution in [3.8, 4) is 11.6 Å². The minimum atomic E-state index is -0.751. The molecule has 2 saturated carbocycles. The van der Waals surface area contributed by atoms with E-state index in [2.05, 4.69) is 4.98 Å². The van der Waals surface area contributed by atoms with Crippen LogP contribution in [-0.4, -0.2) is 29.8 Å². The van der Waals surface area contributed by atoms with E-state index in [0.717, 1.165) is 37.0 Å². The van der Waals surface area contributed by atoms with Crippen LogP contribution in [-0.2, 0) is 4.79 Å². The highest BCUT2D eigenvalue weighted by Crippen LogP contribution is 2.47. The summed E-state index contributed by atoms with van der Waals surface area (Å²) >= 11 is 0. The molecule has 1 aromatic carbocycles. The predicted molar refractivity (Wildman–Crippen MR) is 110 cm³/mol. The molecule has 0 spiro atoms. The van der Waals surface area contributed by atoms with Gasteiger partial charge in [-0.2, -0.15) is 0 Å². The van der Waals surface area contributed by atoms with Gasteiger partial charge in [-0.1, -0.05) is 19.1 Å². The van der Waals surface area contributed by atoms with Gasteiger partial charge in [0.25, 0.3) is 0 Å². The van der Waals surface area contributed by atoms with Crippen molar-refractivity contribution in [3.05, 3.63) is 53.5 Å². The van der Waals surface area contributed by atoms with E-state index >= 15 is 0 Å². The van der Waals surface area contributed by atoms with Crippen molar-refractivity contribution in [1.29, 1.82) is 0 Å². The second-order valence-corrected chi connectivity index (χ2v) is 8.66. The van der Waals surface area contributed by atoms with Crippen LogP contribution in [0.1, 0.15) is 55.6 Å². The molecule has 0 aliphatic heterocycles. The molecule has 2 atom stereocenters. The Morgan fingerprint density at radius 3 is 2.73 bits per heavy atom. The van der Waals surface area contributed by atoms with Crippen LogP contribution in [0.4, 0.5) is 4.39 Å². The van der Waals surface area contributed by atoms with Crippen LogP contribution in [0.25, 0.3) is 0 Å². The van der Waals surface area contributed by atoms with Crippen molar-refractivity contribution < 1.29 is 23.8 Å². The van der Waals surface area contributed by atoms with E-state index < -0.39 is 11.9 Å². The fourth-order valence-corrected chi connectivity index (χ4v) is 4.59. The van der Waals surface area contributed by atoms with Crippen LogP contribution in [0.15, 0.2) is 36.5 Å². The van der Waals surface area contributed by atoms with Crippen LogP contribution in [0, 0.1) is 23.6 Å². The number of ether oxygens (including phenoxy) is 2. The molecule has 2 aliphatic carbocycles. The molecule has 0 bridgehead atoms. The molecule has 1 heterocycles. The van der Waals surface area contributed by atoms with Gasteiger partial charge in [0.05, 0.1) is 25.8 Å². The Labute approximate surface area is 176 Å². The Morgan fingerprint density at radius 2 is 2.07 bits per heavy atom. The maximum Gasteiger partial charge on any atom is 0.306 e. The largest absolute Gasteiger partial charge is 0.493 e. The summed E-state index contributed by atoms with van der Waals surface area (Å²) in [5, 5.41) is 9.48. The molecular weight excluding hydrogens is 385 g/mol. The first-order valence-corrected chi connectivity index (χ1v) is 10.6. The number of rotatable bonds is 9. The maximum absolute atomic E-state index is 14.1. The summed E-state index contributed by atoms with van der Waals surface area (Å²) < 4.78 is 25.2. The van der Waals surface area contributed by atoms with Gasteiger partial charge >= 0.3 is 5.97 Å². The van der Waals surface area contributed by atoms with Crippen LogP contribution >= 0.6 is 0 Å². The highest BCUT2D eigenvalue weighted by Gasteiger charge is 2.39. The Balaban J connectivity index is 1.34. The van der Waals surface area contributed by atoms with Gasteiger partial charge in [0.1, 0.15) is 11.6 Å². The number of aromatic nitrogens is 1. The van der Waals surface area contributed by atoms with Gasteiger partial charge in [-0.05, 0) is 72.6 Å². The predicted octanol–water partition coefficient (Wildman–Crippen LogP) is 5.02. The maximum atomic E-state index is 14.1. The first-order chi connectivity index (χ1) is 14.5. The minimum Gasteiger partial charge on any atom is -0.493 e. The van der Waals surface area contributed by atoms with Crippen molar-refractivity contribution >= 4 is 5.97 Å². The number of carbonyl (C=O) groups is 1. The van der Waals surface area contributed by atoms with Crippen molar-refractivity contribution in [2.75, 3.05) is 13.7 Å². The Morgan fingerprint density at radius 1 is 1.30 bits per heavy atom. The van der Waals surface area contributed by atoms with Gasteiger partial charge in [-0.25, -0.2) is 9.37 Å². The molecule has 0 unspecified atom stereocenters. The molecule has 4 rings (SSSR count). The third kappa shape index (κ3) is 4.42.